The summed E-state index contributed by atoms with van der Waals surface area (Å²) in [5, 5.41) is 0. The maximum Gasteiger partial charge on any atom is 0.277 e. The van der Waals surface area contributed by atoms with Crippen molar-refractivity contribution in [1.29, 1.82) is 0 Å². The smallest absolute Gasteiger partial charge is 0.277 e. The number of carbonyl (C=O) groups is 1. The van der Waals surface area contributed by atoms with Gasteiger partial charge in [-0.15, -0.1) is 0 Å². The molecule has 5 nitrogen and oxygen atoms in total. The third-order valence-electron chi connectivity index (χ3n) is 4.61. The Balaban J connectivity index is 1.66. The molecule has 1 saturated heterocycles. The number of nitrogens with zero attached hydrogens (tertiary/aromatic N) is 4. The van der Waals surface area contributed by atoms with E-state index in [-0.39, 0.29) is 5.91 Å². The molecule has 3 heterocycles. The number of hydrogen-bond acceptors (Lipinski definition) is 4. The van der Waals surface area contributed by atoms with Crippen molar-refractivity contribution in [2.45, 2.75) is 26.2 Å². The van der Waals surface area contributed by atoms with Gasteiger partial charge in [0.1, 0.15) is 17.3 Å². The van der Waals surface area contributed by atoms with Gasteiger partial charge in [-0.3, -0.25) is 4.79 Å². The third-order valence-corrected chi connectivity index (χ3v) is 4.61. The van der Waals surface area contributed by atoms with Crippen LogP contribution < -0.4 is 9.80 Å². The van der Waals surface area contributed by atoms with Crippen molar-refractivity contribution in [3.05, 3.63) is 47.4 Å². The largest absolute Gasteiger partial charge is 0.356 e. The lowest BCUT2D eigenvalue weighted by Crippen LogP contribution is -2.30. The highest BCUT2D eigenvalue weighted by atomic mass is 16.2. The Morgan fingerprint density at radius 1 is 1.09 bits per heavy atom. The summed E-state index contributed by atoms with van der Waals surface area (Å²) in [6, 6.07) is 9.94. The average molecular weight is 308 g/mol. The molecule has 23 heavy (non-hydrogen) atoms. The van der Waals surface area contributed by atoms with Gasteiger partial charge in [0.15, 0.2) is 0 Å². The zero-order valence-electron chi connectivity index (χ0n) is 13.3. The van der Waals surface area contributed by atoms with Crippen molar-refractivity contribution in [3.63, 3.8) is 0 Å². The first-order valence-electron chi connectivity index (χ1n) is 8.23. The quantitative estimate of drug-likeness (QED) is 0.855. The molecule has 1 fully saturated rings. The minimum absolute atomic E-state index is 0.0269. The second kappa shape index (κ2) is 5.65. The fraction of sp³-hybridized carbons (Fsp3) is 0.389. The SMILES string of the molecule is Cc1nc(C(=O)N2CCc3ccccc32)cc(N2CCCC2)n1. The number of benzene rings is 1. The number of para-hydroxylation sites is 1. The maximum atomic E-state index is 12.9. The van der Waals surface area contributed by atoms with Crippen LogP contribution in [0, 0.1) is 6.92 Å². The van der Waals surface area contributed by atoms with Crippen molar-refractivity contribution < 1.29 is 4.79 Å². The molecule has 0 atom stereocenters. The second-order valence-corrected chi connectivity index (χ2v) is 6.19. The van der Waals surface area contributed by atoms with Crippen LogP contribution in [-0.2, 0) is 6.42 Å². The van der Waals surface area contributed by atoms with Crippen LogP contribution in [0.3, 0.4) is 0 Å². The number of carbonyl (C=O) groups excluding carboxylic acids is 1. The molecule has 0 spiro atoms. The van der Waals surface area contributed by atoms with Gasteiger partial charge in [0, 0.05) is 31.4 Å². The molecule has 0 saturated carbocycles. The minimum atomic E-state index is -0.0269. The molecule has 1 amide bonds. The molecule has 1 aromatic heterocycles. The van der Waals surface area contributed by atoms with Crippen molar-refractivity contribution in [2.75, 3.05) is 29.4 Å². The van der Waals surface area contributed by atoms with E-state index in [9.17, 15) is 4.79 Å². The molecule has 5 heteroatoms. The van der Waals surface area contributed by atoms with E-state index in [1.54, 1.807) is 0 Å². The van der Waals surface area contributed by atoms with E-state index < -0.39 is 0 Å². The Morgan fingerprint density at radius 3 is 2.70 bits per heavy atom. The van der Waals surface area contributed by atoms with E-state index >= 15 is 0 Å². The van der Waals surface area contributed by atoms with Crippen molar-refractivity contribution in [1.82, 2.24) is 9.97 Å². The van der Waals surface area contributed by atoms with E-state index in [4.69, 9.17) is 0 Å². The molecule has 2 aliphatic heterocycles. The Labute approximate surface area is 136 Å². The molecule has 2 aromatic rings. The van der Waals surface area contributed by atoms with Gasteiger partial charge in [0.2, 0.25) is 0 Å². The fourth-order valence-electron chi connectivity index (χ4n) is 3.46. The zero-order valence-corrected chi connectivity index (χ0v) is 13.3. The van der Waals surface area contributed by atoms with Crippen LogP contribution in [0.2, 0.25) is 0 Å². The summed E-state index contributed by atoms with van der Waals surface area (Å²) >= 11 is 0. The van der Waals surface area contributed by atoms with Gasteiger partial charge < -0.3 is 9.80 Å². The van der Waals surface area contributed by atoms with Crippen LogP contribution in [0.15, 0.2) is 30.3 Å². The van der Waals surface area contributed by atoms with E-state index in [0.29, 0.717) is 11.5 Å². The van der Waals surface area contributed by atoms with Crippen LogP contribution in [0.25, 0.3) is 0 Å². The summed E-state index contributed by atoms with van der Waals surface area (Å²) < 4.78 is 0. The van der Waals surface area contributed by atoms with E-state index in [0.717, 1.165) is 37.6 Å². The minimum Gasteiger partial charge on any atom is -0.356 e. The molecule has 0 radical (unpaired) electrons. The fourth-order valence-corrected chi connectivity index (χ4v) is 3.46. The van der Waals surface area contributed by atoms with Gasteiger partial charge in [0.05, 0.1) is 0 Å². The van der Waals surface area contributed by atoms with Gasteiger partial charge in [0.25, 0.3) is 5.91 Å². The molecule has 0 bridgehead atoms. The topological polar surface area (TPSA) is 49.3 Å². The predicted molar refractivity (Wildman–Crippen MR) is 90.0 cm³/mol. The molecule has 0 N–H and O–H groups in total. The Hall–Kier alpha value is -2.43. The van der Waals surface area contributed by atoms with Gasteiger partial charge >= 0.3 is 0 Å². The molecule has 2 aliphatic rings. The normalized spacial score (nSPS) is 16.7. The number of amides is 1. The first-order chi connectivity index (χ1) is 11.2. The lowest BCUT2D eigenvalue weighted by molar-refractivity contribution is 0.0984. The molecule has 118 valence electrons. The van der Waals surface area contributed by atoms with Crippen LogP contribution >= 0.6 is 0 Å². The summed E-state index contributed by atoms with van der Waals surface area (Å²) in [7, 11) is 0. The summed E-state index contributed by atoms with van der Waals surface area (Å²) in [6.07, 6.45) is 3.28. The molecular weight excluding hydrogens is 288 g/mol. The number of hydrogen-bond donors (Lipinski definition) is 0. The monoisotopic (exact) mass is 308 g/mol. The summed E-state index contributed by atoms with van der Waals surface area (Å²) in [4.78, 5) is 25.9. The van der Waals surface area contributed by atoms with Crippen molar-refractivity contribution >= 4 is 17.4 Å². The highest BCUT2D eigenvalue weighted by Gasteiger charge is 2.27. The summed E-state index contributed by atoms with van der Waals surface area (Å²) in [6.45, 7) is 4.60. The van der Waals surface area contributed by atoms with Gasteiger partial charge in [-0.1, -0.05) is 18.2 Å². The highest BCUT2D eigenvalue weighted by molar-refractivity contribution is 6.06. The molecule has 0 aliphatic carbocycles. The van der Waals surface area contributed by atoms with Gasteiger partial charge in [-0.05, 0) is 37.8 Å². The van der Waals surface area contributed by atoms with Crippen molar-refractivity contribution in [3.8, 4) is 0 Å². The molecular formula is C18H20N4O. The standard InChI is InChI=1S/C18H20N4O/c1-13-19-15(12-17(20-13)21-9-4-5-10-21)18(23)22-11-8-14-6-2-3-7-16(14)22/h2-3,6-7,12H,4-5,8-11H2,1H3. The lowest BCUT2D eigenvalue weighted by atomic mass is 10.2. The summed E-state index contributed by atoms with van der Waals surface area (Å²) in [5.74, 6) is 1.51. The molecule has 1 aromatic carbocycles. The van der Waals surface area contributed by atoms with Crippen LogP contribution in [0.5, 0.6) is 0 Å². The van der Waals surface area contributed by atoms with Crippen LogP contribution in [0.4, 0.5) is 11.5 Å². The Bertz CT molecular complexity index is 752. The first-order valence-corrected chi connectivity index (χ1v) is 8.23. The maximum absolute atomic E-state index is 12.9. The lowest BCUT2D eigenvalue weighted by Gasteiger charge is -2.20. The molecule has 0 unspecified atom stereocenters. The second-order valence-electron chi connectivity index (χ2n) is 6.19. The average Bonchev–Trinajstić information content (AvgIpc) is 3.23. The zero-order chi connectivity index (χ0) is 15.8. The van der Waals surface area contributed by atoms with E-state index in [1.807, 2.05) is 36.1 Å². The van der Waals surface area contributed by atoms with E-state index in [2.05, 4.69) is 20.9 Å². The highest BCUT2D eigenvalue weighted by Crippen LogP contribution is 2.29. The van der Waals surface area contributed by atoms with Crippen molar-refractivity contribution in [2.24, 2.45) is 0 Å². The predicted octanol–water partition coefficient (Wildman–Crippen LogP) is 2.59. The summed E-state index contributed by atoms with van der Waals surface area (Å²) in [5.41, 5.74) is 2.74. The number of anilines is 2. The Morgan fingerprint density at radius 2 is 1.87 bits per heavy atom. The van der Waals surface area contributed by atoms with Crippen LogP contribution in [0.1, 0.15) is 34.7 Å². The van der Waals surface area contributed by atoms with Gasteiger partial charge in [-0.2, -0.15) is 0 Å². The van der Waals surface area contributed by atoms with Crippen LogP contribution in [-0.4, -0.2) is 35.5 Å². The van der Waals surface area contributed by atoms with E-state index in [1.165, 1.54) is 18.4 Å². The number of aryl methyl sites for hydroxylation is 1. The molecule has 4 rings (SSSR count). The number of rotatable bonds is 2. The number of aromatic nitrogens is 2. The third kappa shape index (κ3) is 2.56. The first kappa shape index (κ1) is 14.2. The van der Waals surface area contributed by atoms with Gasteiger partial charge in [-0.25, -0.2) is 9.97 Å². The Kier molecular flexibility index (Phi) is 3.48. The number of fused-ring (bicyclic) bond motifs is 1.